The van der Waals surface area contributed by atoms with E-state index >= 15 is 0 Å². The van der Waals surface area contributed by atoms with Gasteiger partial charge in [0.05, 0.1) is 6.54 Å². The highest BCUT2D eigenvalue weighted by Gasteiger charge is 2.19. The van der Waals surface area contributed by atoms with Crippen molar-refractivity contribution in [2.75, 3.05) is 25.4 Å². The lowest BCUT2D eigenvalue weighted by molar-refractivity contribution is -0.125. The smallest absolute Gasteiger partial charge is 0.290 e. The summed E-state index contributed by atoms with van der Waals surface area (Å²) >= 11 is 0. The van der Waals surface area contributed by atoms with E-state index in [1.807, 2.05) is 6.92 Å². The highest BCUT2D eigenvalue weighted by Crippen LogP contribution is 2.10. The zero-order valence-electron chi connectivity index (χ0n) is 12.1. The Labute approximate surface area is 122 Å². The molecule has 1 saturated heterocycles. The van der Waals surface area contributed by atoms with Gasteiger partial charge in [-0.3, -0.25) is 14.7 Å². The average Bonchev–Trinajstić information content (AvgIpc) is 3.08. The molecule has 5 N–H and O–H groups in total. The van der Waals surface area contributed by atoms with E-state index in [2.05, 4.69) is 25.4 Å². The van der Waals surface area contributed by atoms with Gasteiger partial charge >= 0.3 is 0 Å². The summed E-state index contributed by atoms with van der Waals surface area (Å²) in [6.07, 6.45) is 2.48. The van der Waals surface area contributed by atoms with Gasteiger partial charge in [-0.25, -0.2) is 0 Å². The van der Waals surface area contributed by atoms with Crippen molar-refractivity contribution in [3.8, 4) is 0 Å². The quantitative estimate of drug-likeness (QED) is 0.534. The summed E-state index contributed by atoms with van der Waals surface area (Å²) in [7, 11) is 0. The largest absolute Gasteiger partial charge is 0.483 e. The zero-order chi connectivity index (χ0) is 15.7. The molecule has 1 aliphatic rings. The third kappa shape index (κ3) is 6.21. The molecular weight excluding hydrogens is 276 g/mol. The minimum Gasteiger partial charge on any atom is -0.483 e. The maximum absolute atomic E-state index is 11.9. The van der Waals surface area contributed by atoms with Crippen molar-refractivity contribution in [1.82, 2.24) is 25.4 Å². The number of H-pyrrole nitrogens is 1. The van der Waals surface area contributed by atoms with Gasteiger partial charge < -0.3 is 21.1 Å². The van der Waals surface area contributed by atoms with Gasteiger partial charge in [0, 0.05) is 12.5 Å². The fourth-order valence-corrected chi connectivity index (χ4v) is 2.17. The van der Waals surface area contributed by atoms with Gasteiger partial charge in [-0.15, -0.1) is 5.10 Å². The van der Waals surface area contributed by atoms with Crippen LogP contribution in [0.15, 0.2) is 0 Å². The lowest BCUT2D eigenvalue weighted by Gasteiger charge is -2.19. The van der Waals surface area contributed by atoms with Crippen LogP contribution in [0.4, 0.5) is 5.95 Å². The molecule has 0 radical (unpaired) electrons. The summed E-state index contributed by atoms with van der Waals surface area (Å²) in [5.41, 5.74) is 5.38. The minimum absolute atomic E-state index is 0.0108. The maximum atomic E-state index is 11.9. The summed E-state index contributed by atoms with van der Waals surface area (Å²) < 4.78 is 0. The Balaban J connectivity index is 0.000000677. The summed E-state index contributed by atoms with van der Waals surface area (Å²) in [5.74, 6) is 0.804. The van der Waals surface area contributed by atoms with Crippen molar-refractivity contribution in [1.29, 1.82) is 0 Å². The lowest BCUT2D eigenvalue weighted by atomic mass is 10.1. The van der Waals surface area contributed by atoms with Gasteiger partial charge in [0.25, 0.3) is 6.47 Å². The summed E-state index contributed by atoms with van der Waals surface area (Å²) in [4.78, 5) is 26.5. The van der Waals surface area contributed by atoms with E-state index < -0.39 is 0 Å². The second-order valence-electron chi connectivity index (χ2n) is 4.87. The molecule has 1 atom stereocenters. The predicted molar refractivity (Wildman–Crippen MR) is 76.2 cm³/mol. The first-order valence-corrected chi connectivity index (χ1v) is 6.81. The Morgan fingerprint density at radius 1 is 1.57 bits per heavy atom. The van der Waals surface area contributed by atoms with Crippen molar-refractivity contribution in [3.63, 3.8) is 0 Å². The van der Waals surface area contributed by atoms with E-state index in [9.17, 15) is 4.79 Å². The maximum Gasteiger partial charge on any atom is 0.290 e. The second kappa shape index (κ2) is 8.90. The number of nitrogens with one attached hydrogen (secondary N) is 2. The third-order valence-corrected chi connectivity index (χ3v) is 3.16. The minimum atomic E-state index is -0.250. The molecule has 2 heterocycles. The third-order valence-electron chi connectivity index (χ3n) is 3.16. The standard InChI is InChI=1S/C11H20N6O.CH2O2/c1-8(7-17-4-2-3-5-17)10(18)13-6-9-14-11(12)16-15-9;2-1-3/h8H,2-7H2,1H3,(H,13,18)(H3,12,14,15,16);1H,(H,2,3). The number of nitrogen functional groups attached to an aromatic ring is 1. The summed E-state index contributed by atoms with van der Waals surface area (Å²) in [6.45, 7) is 5.08. The number of carbonyl (C=O) groups excluding carboxylic acids is 1. The normalized spacial score (nSPS) is 15.9. The van der Waals surface area contributed by atoms with E-state index in [0.29, 0.717) is 12.4 Å². The van der Waals surface area contributed by atoms with Crippen LogP contribution >= 0.6 is 0 Å². The molecule has 21 heavy (non-hydrogen) atoms. The van der Waals surface area contributed by atoms with E-state index in [1.165, 1.54) is 12.8 Å². The van der Waals surface area contributed by atoms with E-state index in [1.54, 1.807) is 0 Å². The molecule has 1 unspecified atom stereocenters. The van der Waals surface area contributed by atoms with Gasteiger partial charge in [0.1, 0.15) is 5.82 Å². The van der Waals surface area contributed by atoms with E-state index in [0.717, 1.165) is 19.6 Å². The second-order valence-corrected chi connectivity index (χ2v) is 4.87. The Hall–Kier alpha value is -2.16. The molecule has 0 spiro atoms. The number of carboxylic acid groups (broad SMARTS) is 1. The number of amides is 1. The highest BCUT2D eigenvalue weighted by atomic mass is 16.3. The molecule has 9 nitrogen and oxygen atoms in total. The molecule has 9 heteroatoms. The number of anilines is 1. The molecule has 1 amide bonds. The number of likely N-dealkylation sites (tertiary alicyclic amines) is 1. The molecule has 0 aliphatic carbocycles. The van der Waals surface area contributed by atoms with Crippen LogP contribution in [0.1, 0.15) is 25.6 Å². The molecule has 0 bridgehead atoms. The van der Waals surface area contributed by atoms with Crippen LogP contribution in [0.2, 0.25) is 0 Å². The SMILES string of the molecule is CC(CN1CCCC1)C(=O)NCc1nc(N)n[nH]1.O=CO. The predicted octanol–water partition coefficient (Wildman–Crippen LogP) is -0.564. The van der Waals surface area contributed by atoms with Crippen molar-refractivity contribution in [2.24, 2.45) is 5.92 Å². The van der Waals surface area contributed by atoms with Crippen LogP contribution in [0.25, 0.3) is 0 Å². The topological polar surface area (TPSA) is 137 Å². The van der Waals surface area contributed by atoms with Crippen LogP contribution in [-0.4, -0.2) is 57.2 Å². The molecule has 0 saturated carbocycles. The van der Waals surface area contributed by atoms with E-state index in [-0.39, 0.29) is 24.2 Å². The van der Waals surface area contributed by atoms with Crippen molar-refractivity contribution in [3.05, 3.63) is 5.82 Å². The number of rotatable bonds is 5. The number of hydrogen-bond donors (Lipinski definition) is 4. The molecular formula is C12H22N6O3. The molecule has 118 valence electrons. The summed E-state index contributed by atoms with van der Waals surface area (Å²) in [6, 6.07) is 0. The van der Waals surface area contributed by atoms with Gasteiger partial charge in [-0.2, -0.15) is 4.98 Å². The lowest BCUT2D eigenvalue weighted by Crippen LogP contribution is -2.36. The van der Waals surface area contributed by atoms with Crippen LogP contribution in [-0.2, 0) is 16.1 Å². The molecule has 1 fully saturated rings. The van der Waals surface area contributed by atoms with Gasteiger partial charge in [0.15, 0.2) is 0 Å². The van der Waals surface area contributed by atoms with Crippen molar-refractivity contribution in [2.45, 2.75) is 26.3 Å². The fourth-order valence-electron chi connectivity index (χ4n) is 2.17. The van der Waals surface area contributed by atoms with Gasteiger partial charge in [0.2, 0.25) is 11.9 Å². The van der Waals surface area contributed by atoms with Crippen LogP contribution in [0, 0.1) is 5.92 Å². The van der Waals surface area contributed by atoms with Crippen molar-refractivity contribution >= 4 is 18.3 Å². The molecule has 1 aromatic rings. The van der Waals surface area contributed by atoms with Gasteiger partial charge in [-0.1, -0.05) is 6.92 Å². The Morgan fingerprint density at radius 3 is 2.71 bits per heavy atom. The van der Waals surface area contributed by atoms with Gasteiger partial charge in [-0.05, 0) is 25.9 Å². The molecule has 1 aromatic heterocycles. The fraction of sp³-hybridized carbons (Fsp3) is 0.667. The van der Waals surface area contributed by atoms with Crippen molar-refractivity contribution < 1.29 is 14.7 Å². The number of hydrogen-bond acceptors (Lipinski definition) is 6. The van der Waals surface area contributed by atoms with Crippen LogP contribution in [0.5, 0.6) is 0 Å². The first-order chi connectivity index (χ1) is 10.1. The monoisotopic (exact) mass is 298 g/mol. The first-order valence-electron chi connectivity index (χ1n) is 6.81. The van der Waals surface area contributed by atoms with Crippen LogP contribution in [0.3, 0.4) is 0 Å². The molecule has 1 aliphatic heterocycles. The Bertz CT molecular complexity index is 444. The highest BCUT2D eigenvalue weighted by molar-refractivity contribution is 5.78. The Kier molecular flexibility index (Phi) is 7.16. The zero-order valence-corrected chi connectivity index (χ0v) is 12.1. The number of aromatic amines is 1. The number of carbonyl (C=O) groups is 2. The number of nitrogens with two attached hydrogens (primary N) is 1. The first kappa shape index (κ1) is 16.9. The molecule has 2 rings (SSSR count). The molecule has 0 aromatic carbocycles. The summed E-state index contributed by atoms with van der Waals surface area (Å²) in [5, 5.41) is 16.1. The average molecular weight is 298 g/mol. The van der Waals surface area contributed by atoms with Crippen LogP contribution < -0.4 is 11.1 Å². The Morgan fingerprint density at radius 2 is 2.19 bits per heavy atom. The number of nitrogens with zero attached hydrogens (tertiary/aromatic N) is 3. The number of aromatic nitrogens is 3. The van der Waals surface area contributed by atoms with E-state index in [4.69, 9.17) is 15.6 Å².